The van der Waals surface area contributed by atoms with E-state index in [1.165, 1.54) is 16.7 Å². The first kappa shape index (κ1) is 56.9. The Bertz CT molecular complexity index is 1970. The van der Waals surface area contributed by atoms with Gasteiger partial charge in [0.2, 0.25) is 0 Å². The molecule has 0 aliphatic carbocycles. The number of likely N-dealkylation sites (tertiary alicyclic amines) is 3. The number of benzene rings is 3. The normalized spacial score (nSPS) is 18.0. The summed E-state index contributed by atoms with van der Waals surface area (Å²) in [7, 11) is 0. The third-order valence-corrected chi connectivity index (χ3v) is 13.2. The van der Waals surface area contributed by atoms with Crippen molar-refractivity contribution in [1.82, 2.24) is 14.7 Å². The predicted molar refractivity (Wildman–Crippen MR) is 275 cm³/mol. The Labute approximate surface area is 414 Å². The first-order valence-electron chi connectivity index (χ1n) is 24.9. The van der Waals surface area contributed by atoms with Gasteiger partial charge < -0.3 is 44.2 Å². The van der Waals surface area contributed by atoms with Crippen molar-refractivity contribution in [1.29, 1.82) is 0 Å². The average Bonchev–Trinajstić information content (AvgIpc) is 3.16. The molecule has 0 radical (unpaired) electrons. The van der Waals surface area contributed by atoms with Crippen LogP contribution in [0, 0.1) is 62.3 Å². The van der Waals surface area contributed by atoms with Crippen molar-refractivity contribution >= 4 is 18.3 Å². The second kappa shape index (κ2) is 21.8. The molecule has 384 valence electrons. The molecule has 12 heteroatoms. The molecule has 0 atom stereocenters. The average molecular weight is 958 g/mol. The molecule has 0 aromatic heterocycles. The Kier molecular flexibility index (Phi) is 18.0. The Morgan fingerprint density at radius 1 is 0.377 bits per heavy atom. The van der Waals surface area contributed by atoms with Gasteiger partial charge in [-0.05, 0) is 213 Å². The lowest BCUT2D eigenvalue weighted by atomic mass is 9.79. The van der Waals surface area contributed by atoms with Crippen LogP contribution in [0.2, 0.25) is 0 Å². The van der Waals surface area contributed by atoms with E-state index in [0.29, 0.717) is 77.8 Å². The number of amides is 3. The molecule has 0 bridgehead atoms. The summed E-state index contributed by atoms with van der Waals surface area (Å²) in [5.41, 5.74) is 9.35. The summed E-state index contributed by atoms with van der Waals surface area (Å²) in [6.45, 7) is 38.4. The highest BCUT2D eigenvalue weighted by atomic mass is 16.6. The largest absolute Gasteiger partial charge is 0.444 e. The van der Waals surface area contributed by atoms with Crippen LogP contribution >= 0.6 is 0 Å². The van der Waals surface area contributed by atoms with E-state index in [-0.39, 0.29) is 18.3 Å². The van der Waals surface area contributed by atoms with Crippen LogP contribution in [-0.4, -0.2) is 104 Å². The molecule has 3 saturated heterocycles. The van der Waals surface area contributed by atoms with Gasteiger partial charge in [-0.25, -0.2) is 14.4 Å². The van der Waals surface area contributed by atoms with Crippen molar-refractivity contribution < 1.29 is 43.9 Å². The van der Waals surface area contributed by atoms with E-state index in [0.717, 1.165) is 50.1 Å². The lowest BCUT2D eigenvalue weighted by Crippen LogP contribution is -2.47. The molecule has 6 rings (SSSR count). The molecule has 3 heterocycles. The summed E-state index contributed by atoms with van der Waals surface area (Å²) in [6.07, 6.45) is 2.35. The minimum Gasteiger partial charge on any atom is -0.444 e. The van der Waals surface area contributed by atoms with Gasteiger partial charge in [-0.1, -0.05) is 53.1 Å². The van der Waals surface area contributed by atoms with Gasteiger partial charge in [0.1, 0.15) is 16.8 Å². The van der Waals surface area contributed by atoms with Crippen molar-refractivity contribution in [3.8, 4) is 0 Å². The third-order valence-electron chi connectivity index (χ3n) is 13.2. The van der Waals surface area contributed by atoms with E-state index in [9.17, 15) is 29.7 Å². The van der Waals surface area contributed by atoms with E-state index >= 15 is 0 Å². The van der Waals surface area contributed by atoms with Crippen LogP contribution in [0.3, 0.4) is 0 Å². The molecule has 3 N–H and O–H groups in total. The number of ether oxygens (including phenoxy) is 3. The highest BCUT2D eigenvalue weighted by molar-refractivity contribution is 5.69. The number of carbonyl (C=O) groups is 3. The molecular weight excluding hydrogens is 871 g/mol. The number of rotatable bonds is 3. The van der Waals surface area contributed by atoms with Crippen LogP contribution in [0.15, 0.2) is 36.4 Å². The lowest BCUT2D eigenvalue weighted by Gasteiger charge is -2.40. The fourth-order valence-electron chi connectivity index (χ4n) is 10.6. The standard InChI is InChI=1S/3C19H29NO3/c3*1-13-11-14(2)16(15(3)12-13)19(22)7-9-20(10-8-19)17(21)23-18(4,5)6/h3*11-12,22H,7-10H2,1-6H3. The van der Waals surface area contributed by atoms with Crippen LogP contribution in [0.1, 0.15) is 168 Å². The monoisotopic (exact) mass is 958 g/mol. The minimum absolute atomic E-state index is 0.295. The number of hydrogen-bond acceptors (Lipinski definition) is 9. The van der Waals surface area contributed by atoms with Crippen molar-refractivity contribution in [2.45, 2.75) is 197 Å². The molecule has 12 nitrogen and oxygen atoms in total. The second-order valence-corrected chi connectivity index (χ2v) is 23.3. The number of aliphatic hydroxyl groups is 3. The molecule has 3 fully saturated rings. The van der Waals surface area contributed by atoms with Crippen LogP contribution in [0.5, 0.6) is 0 Å². The molecule has 0 spiro atoms. The van der Waals surface area contributed by atoms with Crippen molar-refractivity contribution in [3.63, 3.8) is 0 Å². The zero-order valence-corrected chi connectivity index (χ0v) is 45.6. The van der Waals surface area contributed by atoms with Gasteiger partial charge in [-0.3, -0.25) is 0 Å². The van der Waals surface area contributed by atoms with Gasteiger partial charge >= 0.3 is 18.3 Å². The van der Waals surface area contributed by atoms with Crippen molar-refractivity contribution in [2.24, 2.45) is 0 Å². The maximum Gasteiger partial charge on any atom is 0.410 e. The summed E-state index contributed by atoms with van der Waals surface area (Å²) in [5, 5.41) is 33.4. The Morgan fingerprint density at radius 3 is 0.681 bits per heavy atom. The fraction of sp³-hybridized carbons (Fsp3) is 0.632. The summed E-state index contributed by atoms with van der Waals surface area (Å²) in [4.78, 5) is 41.6. The SMILES string of the molecule is Cc1cc(C)c(C2(O)CCN(C(=O)OC(C)(C)C)CC2)c(C)c1.Cc1cc(C)c(C2(O)CCN(C(=O)OC(C)(C)C)CC2)c(C)c1.Cc1cc(C)c(C2(O)CCN(C(=O)OC(C)(C)C)CC2)c(C)c1. The summed E-state index contributed by atoms with van der Waals surface area (Å²) in [5.74, 6) is 0. The predicted octanol–water partition coefficient (Wildman–Crippen LogP) is 11.5. The maximum absolute atomic E-state index is 12.2. The summed E-state index contributed by atoms with van der Waals surface area (Å²) < 4.78 is 16.3. The molecule has 0 saturated carbocycles. The van der Waals surface area contributed by atoms with Crippen LogP contribution < -0.4 is 0 Å². The van der Waals surface area contributed by atoms with E-state index in [1.807, 2.05) is 104 Å². The number of hydrogen-bond donors (Lipinski definition) is 3. The lowest BCUT2D eigenvalue weighted by molar-refractivity contribution is -0.0373. The molecular formula is C57H87N3O9. The van der Waals surface area contributed by atoms with Crippen molar-refractivity contribution in [3.05, 3.63) is 103 Å². The van der Waals surface area contributed by atoms with E-state index in [1.54, 1.807) is 14.7 Å². The minimum atomic E-state index is -0.861. The van der Waals surface area contributed by atoms with Crippen LogP contribution in [-0.2, 0) is 31.0 Å². The fourth-order valence-corrected chi connectivity index (χ4v) is 10.6. The van der Waals surface area contributed by atoms with Gasteiger partial charge in [0.15, 0.2) is 0 Å². The smallest absolute Gasteiger partial charge is 0.410 e. The highest BCUT2D eigenvalue weighted by Gasteiger charge is 2.41. The van der Waals surface area contributed by atoms with Gasteiger partial charge in [-0.15, -0.1) is 0 Å². The second-order valence-electron chi connectivity index (χ2n) is 23.3. The first-order chi connectivity index (χ1) is 31.5. The molecule has 3 amide bonds. The molecule has 69 heavy (non-hydrogen) atoms. The molecule has 3 aliphatic heterocycles. The highest BCUT2D eigenvalue weighted by Crippen LogP contribution is 2.40. The Hall–Kier alpha value is -4.65. The Morgan fingerprint density at radius 2 is 0.536 bits per heavy atom. The number of nitrogens with zero attached hydrogens (tertiary/aromatic N) is 3. The summed E-state index contributed by atoms with van der Waals surface area (Å²) in [6, 6.07) is 12.7. The van der Waals surface area contributed by atoms with Crippen molar-refractivity contribution in [2.75, 3.05) is 39.3 Å². The number of aryl methyl sites for hydroxylation is 9. The number of piperidine rings is 3. The molecule has 0 unspecified atom stereocenters. The quantitative estimate of drug-likeness (QED) is 0.218. The topological polar surface area (TPSA) is 149 Å². The van der Waals surface area contributed by atoms with Gasteiger partial charge in [-0.2, -0.15) is 0 Å². The van der Waals surface area contributed by atoms with Gasteiger partial charge in [0, 0.05) is 39.3 Å². The van der Waals surface area contributed by atoms with Crippen LogP contribution in [0.4, 0.5) is 14.4 Å². The van der Waals surface area contributed by atoms with Gasteiger partial charge in [0.25, 0.3) is 0 Å². The van der Waals surface area contributed by atoms with Gasteiger partial charge in [0.05, 0.1) is 16.8 Å². The molecule has 3 aromatic rings. The number of carbonyl (C=O) groups excluding carboxylic acids is 3. The van der Waals surface area contributed by atoms with E-state index in [2.05, 4.69) is 57.2 Å². The zero-order chi connectivity index (χ0) is 52.2. The third kappa shape index (κ3) is 15.4. The zero-order valence-electron chi connectivity index (χ0n) is 45.6. The Balaban J connectivity index is 0.000000225. The maximum atomic E-state index is 12.2. The summed E-state index contributed by atoms with van der Waals surface area (Å²) >= 11 is 0. The van der Waals surface area contributed by atoms with E-state index in [4.69, 9.17) is 14.2 Å². The molecule has 3 aromatic carbocycles. The van der Waals surface area contributed by atoms with E-state index < -0.39 is 33.6 Å². The molecule has 3 aliphatic rings. The first-order valence-corrected chi connectivity index (χ1v) is 24.9. The van der Waals surface area contributed by atoms with Crippen LogP contribution in [0.25, 0.3) is 0 Å².